The van der Waals surface area contributed by atoms with Gasteiger partial charge < -0.3 is 0 Å². The summed E-state index contributed by atoms with van der Waals surface area (Å²) in [6, 6.07) is 10.5. The molecule has 0 aromatic heterocycles. The van der Waals surface area contributed by atoms with E-state index in [1.807, 2.05) is 39.3 Å². The zero-order valence-corrected chi connectivity index (χ0v) is 30.4. The molecule has 0 heterocycles. The van der Waals surface area contributed by atoms with Crippen molar-refractivity contribution in [1.82, 2.24) is 0 Å². The van der Waals surface area contributed by atoms with E-state index in [9.17, 15) is 0 Å². The molecule has 0 N–H and O–H groups in total. The number of unbranched alkanes of at least 4 members (excludes halogenated alkanes) is 1. The van der Waals surface area contributed by atoms with Crippen LogP contribution >= 0.6 is 0 Å². The van der Waals surface area contributed by atoms with Gasteiger partial charge in [0.1, 0.15) is 0 Å². The van der Waals surface area contributed by atoms with Crippen LogP contribution in [0.4, 0.5) is 0 Å². The standard InChI is InChI=1S/C30H50.C8H10.2C2H6/c1-21(2)11-8-9-12-22(3)24-14-15-25-23-13-16-27-28(4,5)18-10-19-30(27,7)26(23)17-20-29(24,25)6;1-2-8-6-4-3-5-7-8;2*1-2/h11,16,22-26H,8-10,12-15,17-20H2,1-7H3;3-7H,2H2,1H3;2*1-2H3. The van der Waals surface area contributed by atoms with Crippen molar-refractivity contribution in [3.8, 4) is 0 Å². The maximum Gasteiger partial charge on any atom is -0.00799 e. The van der Waals surface area contributed by atoms with Crippen molar-refractivity contribution in [3.05, 3.63) is 59.2 Å². The van der Waals surface area contributed by atoms with Gasteiger partial charge in [0.15, 0.2) is 0 Å². The molecule has 7 atom stereocenters. The predicted molar refractivity (Wildman–Crippen MR) is 190 cm³/mol. The monoisotopic (exact) mass is 577 g/mol. The molecule has 0 saturated heterocycles. The molecule has 0 nitrogen and oxygen atoms in total. The summed E-state index contributed by atoms with van der Waals surface area (Å²) in [5.41, 5.74) is 6.30. The van der Waals surface area contributed by atoms with Gasteiger partial charge in [-0.3, -0.25) is 0 Å². The molecule has 0 spiro atoms. The molecule has 42 heavy (non-hydrogen) atoms. The summed E-state index contributed by atoms with van der Waals surface area (Å²) in [6.45, 7) is 27.7. The van der Waals surface area contributed by atoms with E-state index in [4.69, 9.17) is 0 Å². The fraction of sp³-hybridized carbons (Fsp3) is 0.762. The average Bonchev–Trinajstić information content (AvgIpc) is 3.35. The third-order valence-electron chi connectivity index (χ3n) is 12.1. The molecule has 240 valence electrons. The van der Waals surface area contributed by atoms with Gasteiger partial charge in [0, 0.05) is 0 Å². The van der Waals surface area contributed by atoms with Crippen LogP contribution in [0.2, 0.25) is 0 Å². The minimum Gasteiger partial charge on any atom is -0.0859 e. The third-order valence-corrected chi connectivity index (χ3v) is 12.1. The lowest BCUT2D eigenvalue weighted by Gasteiger charge is -2.60. The maximum atomic E-state index is 2.77. The summed E-state index contributed by atoms with van der Waals surface area (Å²) >= 11 is 0. The van der Waals surface area contributed by atoms with Crippen molar-refractivity contribution in [1.29, 1.82) is 0 Å². The lowest BCUT2D eigenvalue weighted by atomic mass is 9.44. The number of hydrogen-bond donors (Lipinski definition) is 0. The summed E-state index contributed by atoms with van der Waals surface area (Å²) in [5.74, 6) is 4.79. The number of fused-ring (bicyclic) bond motifs is 5. The lowest BCUT2D eigenvalue weighted by Crippen LogP contribution is -2.52. The van der Waals surface area contributed by atoms with E-state index in [-0.39, 0.29) is 0 Å². The van der Waals surface area contributed by atoms with Crippen LogP contribution in [0, 0.1) is 45.8 Å². The molecule has 0 bridgehead atoms. The SMILES string of the molecule is CC.CC.CC(C)=CCCCC(C)C1CCC2C3CC=C4C(C)(C)CCCC4(C)C3CCC12C.CCc1ccccc1. The third kappa shape index (κ3) is 8.24. The molecule has 4 aliphatic rings. The Morgan fingerprint density at radius 3 is 2.14 bits per heavy atom. The van der Waals surface area contributed by atoms with Crippen LogP contribution in [-0.4, -0.2) is 0 Å². The Morgan fingerprint density at radius 2 is 1.55 bits per heavy atom. The van der Waals surface area contributed by atoms with Crippen molar-refractivity contribution in [2.45, 2.75) is 160 Å². The Balaban J connectivity index is 0.000000435. The predicted octanol–water partition coefficient (Wildman–Crippen LogP) is 13.7. The van der Waals surface area contributed by atoms with Gasteiger partial charge in [0.25, 0.3) is 0 Å². The second-order valence-electron chi connectivity index (χ2n) is 15.1. The fourth-order valence-corrected chi connectivity index (χ4v) is 10.2. The van der Waals surface area contributed by atoms with Crippen LogP contribution < -0.4 is 0 Å². The molecule has 3 fully saturated rings. The number of aryl methyl sites for hydroxylation is 1. The molecular weight excluding hydrogens is 504 g/mol. The van der Waals surface area contributed by atoms with Gasteiger partial charge >= 0.3 is 0 Å². The normalized spacial score (nSPS) is 32.8. The minimum absolute atomic E-state index is 0.441. The second kappa shape index (κ2) is 16.7. The van der Waals surface area contributed by atoms with Gasteiger partial charge in [-0.15, -0.1) is 0 Å². The van der Waals surface area contributed by atoms with Gasteiger partial charge in [-0.05, 0) is 129 Å². The minimum atomic E-state index is 0.441. The highest BCUT2D eigenvalue weighted by Crippen LogP contribution is 2.68. The smallest absolute Gasteiger partial charge is 0.00799 e. The topological polar surface area (TPSA) is 0 Å². The fourth-order valence-electron chi connectivity index (χ4n) is 10.2. The van der Waals surface area contributed by atoms with Crippen LogP contribution in [0.25, 0.3) is 0 Å². The zero-order valence-electron chi connectivity index (χ0n) is 30.4. The Bertz CT molecular complexity index is 959. The summed E-state index contributed by atoms with van der Waals surface area (Å²) in [5, 5.41) is 0. The molecule has 0 heteroatoms. The highest BCUT2D eigenvalue weighted by atomic mass is 14.6. The Morgan fingerprint density at radius 1 is 0.881 bits per heavy atom. The van der Waals surface area contributed by atoms with Gasteiger partial charge in [-0.2, -0.15) is 0 Å². The second-order valence-corrected chi connectivity index (χ2v) is 15.1. The summed E-state index contributed by atoms with van der Waals surface area (Å²) in [4.78, 5) is 0. The van der Waals surface area contributed by atoms with E-state index in [1.54, 1.807) is 0 Å². The molecular formula is C42H72. The summed E-state index contributed by atoms with van der Waals surface area (Å²) in [7, 11) is 0. The van der Waals surface area contributed by atoms with Crippen molar-refractivity contribution >= 4 is 0 Å². The van der Waals surface area contributed by atoms with E-state index in [0.29, 0.717) is 16.2 Å². The first-order valence-electron chi connectivity index (χ1n) is 18.4. The largest absolute Gasteiger partial charge is 0.0859 e. The Labute approximate surface area is 264 Å². The molecule has 4 aliphatic carbocycles. The molecule has 3 saturated carbocycles. The highest BCUT2D eigenvalue weighted by Gasteiger charge is 2.60. The number of allylic oxidation sites excluding steroid dienone is 4. The van der Waals surface area contributed by atoms with Crippen molar-refractivity contribution in [2.24, 2.45) is 45.8 Å². The Hall–Kier alpha value is -1.30. The van der Waals surface area contributed by atoms with Crippen LogP contribution in [0.3, 0.4) is 0 Å². The number of rotatable bonds is 6. The summed E-state index contributed by atoms with van der Waals surface area (Å²) < 4.78 is 0. The molecule has 5 rings (SSSR count). The van der Waals surface area contributed by atoms with Gasteiger partial charge in [-0.25, -0.2) is 0 Å². The first kappa shape index (κ1) is 36.9. The van der Waals surface area contributed by atoms with Gasteiger partial charge in [0.2, 0.25) is 0 Å². The Kier molecular flexibility index (Phi) is 14.7. The van der Waals surface area contributed by atoms with Crippen LogP contribution in [0.1, 0.15) is 159 Å². The van der Waals surface area contributed by atoms with Crippen molar-refractivity contribution in [2.75, 3.05) is 0 Å². The maximum absolute atomic E-state index is 2.77. The first-order chi connectivity index (χ1) is 20.0. The van der Waals surface area contributed by atoms with E-state index in [0.717, 1.165) is 36.0 Å². The molecule has 0 radical (unpaired) electrons. The lowest BCUT2D eigenvalue weighted by molar-refractivity contribution is -0.0579. The van der Waals surface area contributed by atoms with Crippen LogP contribution in [0.5, 0.6) is 0 Å². The van der Waals surface area contributed by atoms with E-state index in [1.165, 1.54) is 81.8 Å². The molecule has 1 aromatic rings. The molecule has 0 aliphatic heterocycles. The van der Waals surface area contributed by atoms with Gasteiger partial charge in [-0.1, -0.05) is 136 Å². The van der Waals surface area contributed by atoms with Gasteiger partial charge in [0.05, 0.1) is 0 Å². The highest BCUT2D eigenvalue weighted by molar-refractivity contribution is 5.29. The first-order valence-corrected chi connectivity index (χ1v) is 18.4. The quantitative estimate of drug-likeness (QED) is 0.233. The average molecular weight is 577 g/mol. The van der Waals surface area contributed by atoms with Crippen molar-refractivity contribution < 1.29 is 0 Å². The van der Waals surface area contributed by atoms with Crippen molar-refractivity contribution in [3.63, 3.8) is 0 Å². The number of hydrogen-bond acceptors (Lipinski definition) is 0. The van der Waals surface area contributed by atoms with Crippen LogP contribution in [-0.2, 0) is 6.42 Å². The van der Waals surface area contributed by atoms with E-state index in [2.05, 4.69) is 91.8 Å². The number of benzene rings is 1. The molecule has 0 amide bonds. The molecule has 1 aromatic carbocycles. The molecule has 7 unspecified atom stereocenters. The zero-order chi connectivity index (χ0) is 31.6. The van der Waals surface area contributed by atoms with E-state index >= 15 is 0 Å². The van der Waals surface area contributed by atoms with Crippen LogP contribution in [0.15, 0.2) is 53.6 Å². The summed E-state index contributed by atoms with van der Waals surface area (Å²) in [6.07, 6.45) is 22.2. The van der Waals surface area contributed by atoms with E-state index < -0.39 is 0 Å².